The lowest BCUT2D eigenvalue weighted by atomic mass is 9.81. The Morgan fingerprint density at radius 3 is 2.64 bits per heavy atom. The second-order valence-corrected chi connectivity index (χ2v) is 10.9. The Morgan fingerprint density at radius 2 is 2.03 bits per heavy atom. The highest BCUT2D eigenvalue weighted by Crippen LogP contribution is 2.39. The number of nitrogens with zero attached hydrogens (tertiary/aromatic N) is 3. The molecule has 3 aliphatic heterocycles. The standard InChI is InChI=1S/C26H28ClFN4O6S/c1-36-25(34)20-19(10-32-15-7-13(22(33)26(35)37-2)8-16(32)12-38-11-15)30-23(24-29-5-6-39-24)31-21(20)17-4-3-14(28)9-18(17)27/h3-6,9,13,15-16,21-22,33H,7-8,10-12H2,1-2H3,(H,30,31). The number of thiazole rings is 1. The zero-order chi connectivity index (χ0) is 27.7. The molecule has 4 atom stereocenters. The topological polar surface area (TPSA) is 123 Å². The average molecular weight is 579 g/mol. The van der Waals surface area contributed by atoms with Crippen molar-refractivity contribution < 1.29 is 33.3 Å². The number of halogens is 2. The number of carbonyl (C=O) groups is 2. The van der Waals surface area contributed by atoms with E-state index in [1.165, 1.54) is 43.8 Å². The zero-order valence-electron chi connectivity index (χ0n) is 21.3. The van der Waals surface area contributed by atoms with E-state index in [9.17, 15) is 19.1 Å². The molecule has 1 aromatic carbocycles. The molecule has 2 fully saturated rings. The molecule has 2 N–H and O–H groups in total. The van der Waals surface area contributed by atoms with Crippen molar-refractivity contribution in [2.75, 3.05) is 34.0 Å². The Morgan fingerprint density at radius 1 is 1.28 bits per heavy atom. The molecule has 3 aliphatic rings. The maximum Gasteiger partial charge on any atom is 0.338 e. The third-order valence-corrected chi connectivity index (χ3v) is 8.47. The lowest BCUT2D eigenvalue weighted by Gasteiger charge is -2.49. The number of aliphatic hydroxyl groups excluding tert-OH is 1. The van der Waals surface area contributed by atoms with Crippen LogP contribution in [0, 0.1) is 11.7 Å². The number of hydrogen-bond acceptors (Lipinski definition) is 11. The fourth-order valence-electron chi connectivity index (χ4n) is 5.51. The highest BCUT2D eigenvalue weighted by molar-refractivity contribution is 7.11. The third kappa shape index (κ3) is 5.57. The van der Waals surface area contributed by atoms with Gasteiger partial charge in [0.2, 0.25) is 0 Å². The number of piperidine rings is 1. The van der Waals surface area contributed by atoms with Crippen molar-refractivity contribution in [1.82, 2.24) is 15.2 Å². The van der Waals surface area contributed by atoms with Crippen LogP contribution in [0.4, 0.5) is 4.39 Å². The number of hydrogen-bond donors (Lipinski definition) is 2. The number of aliphatic hydroxyl groups is 1. The van der Waals surface area contributed by atoms with E-state index in [0.717, 1.165) is 0 Å². The fourth-order valence-corrected chi connectivity index (χ4v) is 6.37. The fraction of sp³-hybridized carbons (Fsp3) is 0.462. The monoisotopic (exact) mass is 578 g/mol. The molecule has 39 heavy (non-hydrogen) atoms. The molecule has 4 heterocycles. The quantitative estimate of drug-likeness (QED) is 0.477. The highest BCUT2D eigenvalue weighted by atomic mass is 35.5. The smallest absolute Gasteiger partial charge is 0.338 e. The lowest BCUT2D eigenvalue weighted by Crippen LogP contribution is -2.60. The van der Waals surface area contributed by atoms with Crippen LogP contribution in [-0.2, 0) is 23.8 Å². The first kappa shape index (κ1) is 27.7. The number of aliphatic imine (C=N–C) groups is 1. The Bertz CT molecular complexity index is 1290. The summed E-state index contributed by atoms with van der Waals surface area (Å²) in [4.78, 5) is 36.6. The molecule has 13 heteroatoms. The van der Waals surface area contributed by atoms with Crippen LogP contribution >= 0.6 is 22.9 Å². The zero-order valence-corrected chi connectivity index (χ0v) is 22.9. The van der Waals surface area contributed by atoms with Crippen molar-refractivity contribution in [1.29, 1.82) is 0 Å². The molecule has 0 saturated carbocycles. The summed E-state index contributed by atoms with van der Waals surface area (Å²) in [5.74, 6) is -1.58. The number of aromatic nitrogens is 1. The Labute approximate surface area is 233 Å². The van der Waals surface area contributed by atoms with E-state index in [4.69, 9.17) is 30.8 Å². The summed E-state index contributed by atoms with van der Waals surface area (Å²) in [7, 11) is 2.55. The van der Waals surface area contributed by atoms with E-state index < -0.39 is 29.9 Å². The van der Waals surface area contributed by atoms with Gasteiger partial charge < -0.3 is 24.6 Å². The van der Waals surface area contributed by atoms with Gasteiger partial charge in [-0.3, -0.25) is 9.89 Å². The summed E-state index contributed by atoms with van der Waals surface area (Å²) in [5, 5.41) is 16.4. The minimum Gasteiger partial charge on any atom is -0.467 e. The Balaban J connectivity index is 1.53. The number of morpholine rings is 1. The number of rotatable bonds is 7. The molecule has 0 amide bonds. The van der Waals surface area contributed by atoms with Crippen LogP contribution in [0.15, 0.2) is 46.0 Å². The van der Waals surface area contributed by atoms with E-state index in [1.54, 1.807) is 6.20 Å². The molecule has 5 rings (SSSR count). The van der Waals surface area contributed by atoms with Gasteiger partial charge in [0.1, 0.15) is 11.9 Å². The first-order valence-electron chi connectivity index (χ1n) is 12.4. The van der Waals surface area contributed by atoms with Gasteiger partial charge in [-0.15, -0.1) is 11.3 Å². The van der Waals surface area contributed by atoms with Gasteiger partial charge in [0.05, 0.1) is 33.0 Å². The van der Waals surface area contributed by atoms with Crippen LogP contribution in [0.5, 0.6) is 0 Å². The number of ether oxygens (including phenoxy) is 3. The van der Waals surface area contributed by atoms with E-state index >= 15 is 0 Å². The summed E-state index contributed by atoms with van der Waals surface area (Å²) < 4.78 is 29.6. The highest BCUT2D eigenvalue weighted by Gasteiger charge is 2.44. The second kappa shape index (κ2) is 11.7. The number of carbonyl (C=O) groups excluding carboxylic acids is 2. The second-order valence-electron chi connectivity index (χ2n) is 9.61. The number of esters is 2. The summed E-state index contributed by atoms with van der Waals surface area (Å²) in [5.41, 5.74) is 1.26. The van der Waals surface area contributed by atoms with Gasteiger partial charge in [0.25, 0.3) is 0 Å². The molecule has 0 aliphatic carbocycles. The van der Waals surface area contributed by atoms with Crippen LogP contribution in [0.3, 0.4) is 0 Å². The molecular formula is C26H28ClFN4O6S. The number of nitrogens with one attached hydrogen (secondary N) is 1. The van der Waals surface area contributed by atoms with Gasteiger partial charge >= 0.3 is 11.9 Å². The number of fused-ring (bicyclic) bond motifs is 2. The van der Waals surface area contributed by atoms with Crippen molar-refractivity contribution in [2.24, 2.45) is 10.9 Å². The maximum atomic E-state index is 13.9. The van der Waals surface area contributed by atoms with Crippen LogP contribution < -0.4 is 5.32 Å². The van der Waals surface area contributed by atoms with Crippen molar-refractivity contribution in [2.45, 2.75) is 37.1 Å². The van der Waals surface area contributed by atoms with Gasteiger partial charge in [0, 0.05) is 46.5 Å². The first-order valence-corrected chi connectivity index (χ1v) is 13.7. The molecule has 4 unspecified atom stereocenters. The molecule has 2 bridgehead atoms. The Hall–Kier alpha value is -2.90. The normalized spacial score (nSPS) is 25.9. The SMILES string of the molecule is COC(=O)C1=C(CN2C3COCC2CC(C(O)C(=O)OC)C3)NC(c2nccs2)=NC1c1ccc(F)cc1Cl. The number of benzene rings is 1. The van der Waals surface area contributed by atoms with E-state index in [0.29, 0.717) is 54.7 Å². The third-order valence-electron chi connectivity index (χ3n) is 7.36. The first-order chi connectivity index (χ1) is 18.8. The predicted molar refractivity (Wildman–Crippen MR) is 141 cm³/mol. The van der Waals surface area contributed by atoms with E-state index in [2.05, 4.69) is 15.2 Å². The summed E-state index contributed by atoms with van der Waals surface area (Å²) in [6.07, 6.45) is 1.46. The maximum absolute atomic E-state index is 13.9. The van der Waals surface area contributed by atoms with Crippen molar-refractivity contribution >= 4 is 40.7 Å². The number of methoxy groups -OCH3 is 2. The van der Waals surface area contributed by atoms with Gasteiger partial charge in [-0.05, 0) is 30.9 Å². The molecule has 2 saturated heterocycles. The van der Waals surface area contributed by atoms with Crippen molar-refractivity contribution in [3.05, 3.63) is 62.5 Å². The molecule has 0 radical (unpaired) electrons. The summed E-state index contributed by atoms with van der Waals surface area (Å²) >= 11 is 7.82. The van der Waals surface area contributed by atoms with Crippen LogP contribution in [0.1, 0.15) is 29.5 Å². The lowest BCUT2D eigenvalue weighted by molar-refractivity contribution is -0.159. The largest absolute Gasteiger partial charge is 0.467 e. The van der Waals surface area contributed by atoms with Gasteiger partial charge in [0.15, 0.2) is 16.9 Å². The van der Waals surface area contributed by atoms with Gasteiger partial charge in [-0.2, -0.15) is 0 Å². The van der Waals surface area contributed by atoms with Crippen LogP contribution in [-0.4, -0.2) is 84.9 Å². The van der Waals surface area contributed by atoms with Crippen LogP contribution in [0.25, 0.3) is 0 Å². The van der Waals surface area contributed by atoms with E-state index in [-0.39, 0.29) is 28.6 Å². The van der Waals surface area contributed by atoms with Crippen molar-refractivity contribution in [3.8, 4) is 0 Å². The predicted octanol–water partition coefficient (Wildman–Crippen LogP) is 2.47. The number of amidine groups is 1. The van der Waals surface area contributed by atoms with Crippen LogP contribution in [0.2, 0.25) is 5.02 Å². The molecular weight excluding hydrogens is 551 g/mol. The van der Waals surface area contributed by atoms with Gasteiger partial charge in [-0.1, -0.05) is 17.7 Å². The molecule has 0 spiro atoms. The van der Waals surface area contributed by atoms with Gasteiger partial charge in [-0.25, -0.2) is 19.0 Å². The minimum atomic E-state index is -1.22. The molecule has 1 aromatic heterocycles. The molecule has 2 aromatic rings. The molecule has 208 valence electrons. The molecule has 10 nitrogen and oxygen atoms in total. The Kier molecular flexibility index (Phi) is 8.29. The average Bonchev–Trinajstić information content (AvgIpc) is 3.46. The van der Waals surface area contributed by atoms with Crippen molar-refractivity contribution in [3.63, 3.8) is 0 Å². The van der Waals surface area contributed by atoms with E-state index in [1.807, 2.05) is 5.38 Å². The summed E-state index contributed by atoms with van der Waals surface area (Å²) in [6, 6.07) is 2.87. The minimum absolute atomic E-state index is 0.120. The summed E-state index contributed by atoms with van der Waals surface area (Å²) in [6.45, 7) is 1.12.